The lowest BCUT2D eigenvalue weighted by molar-refractivity contribution is -0.139. The molecule has 1 atom stereocenters. The zero-order chi connectivity index (χ0) is 19.6. The van der Waals surface area contributed by atoms with Gasteiger partial charge < -0.3 is 14.7 Å². The minimum atomic E-state index is -1.01. The fraction of sp³-hybridized carbons (Fsp3) is 0.389. The second kappa shape index (κ2) is 7.96. The van der Waals surface area contributed by atoms with E-state index in [1.165, 1.54) is 24.5 Å². The predicted octanol–water partition coefficient (Wildman–Crippen LogP) is 3.00. The van der Waals surface area contributed by atoms with Crippen LogP contribution in [-0.2, 0) is 4.79 Å². The number of aromatic carboxylic acids is 1. The first-order chi connectivity index (χ1) is 12.8. The third kappa shape index (κ3) is 4.39. The molecule has 1 aliphatic rings. The van der Waals surface area contributed by atoms with Crippen LogP contribution in [0.25, 0.3) is 0 Å². The average molecular weight is 396 g/mol. The van der Waals surface area contributed by atoms with Crippen molar-refractivity contribution in [3.63, 3.8) is 0 Å². The summed E-state index contributed by atoms with van der Waals surface area (Å²) in [4.78, 5) is 25.3. The Balaban J connectivity index is 1.56. The van der Waals surface area contributed by atoms with Gasteiger partial charge in [0.2, 0.25) is 0 Å². The van der Waals surface area contributed by atoms with E-state index in [0.717, 1.165) is 6.07 Å². The van der Waals surface area contributed by atoms with E-state index in [4.69, 9.17) is 21.4 Å². The van der Waals surface area contributed by atoms with Crippen molar-refractivity contribution in [2.45, 2.75) is 31.9 Å². The fourth-order valence-corrected chi connectivity index (χ4v) is 3.28. The van der Waals surface area contributed by atoms with E-state index < -0.39 is 17.9 Å². The lowest BCUT2D eigenvalue weighted by atomic mass is 10.0. The summed E-state index contributed by atoms with van der Waals surface area (Å²) in [5, 5.41) is 13.2. The molecule has 1 aromatic heterocycles. The number of carbonyl (C=O) groups is 2. The zero-order valence-electron chi connectivity index (χ0n) is 14.6. The lowest BCUT2D eigenvalue weighted by Gasteiger charge is -2.33. The van der Waals surface area contributed by atoms with Gasteiger partial charge in [-0.1, -0.05) is 11.6 Å². The molecule has 0 aliphatic carbocycles. The number of carbonyl (C=O) groups excluding carboxylic acids is 1. The number of hydrogen-bond acceptors (Lipinski definition) is 4. The predicted molar refractivity (Wildman–Crippen MR) is 95.5 cm³/mol. The number of amides is 1. The maximum Gasteiger partial charge on any atom is 0.338 e. The molecule has 0 bridgehead atoms. The molecule has 2 heterocycles. The first-order valence-electron chi connectivity index (χ1n) is 8.53. The van der Waals surface area contributed by atoms with Crippen LogP contribution in [0.4, 0.5) is 4.39 Å². The van der Waals surface area contributed by atoms with Crippen LogP contribution >= 0.6 is 11.6 Å². The van der Waals surface area contributed by atoms with Crippen molar-refractivity contribution in [1.82, 2.24) is 14.7 Å². The van der Waals surface area contributed by atoms with Crippen molar-refractivity contribution in [3.05, 3.63) is 47.0 Å². The molecule has 0 radical (unpaired) electrons. The van der Waals surface area contributed by atoms with Crippen LogP contribution in [0.1, 0.15) is 36.2 Å². The summed E-state index contributed by atoms with van der Waals surface area (Å²) in [6.45, 7) is 2.65. The minimum absolute atomic E-state index is 0.0462. The van der Waals surface area contributed by atoms with E-state index in [0.29, 0.717) is 25.9 Å². The maximum absolute atomic E-state index is 13.1. The van der Waals surface area contributed by atoms with E-state index in [2.05, 4.69) is 5.10 Å². The van der Waals surface area contributed by atoms with Crippen molar-refractivity contribution < 1.29 is 23.8 Å². The molecule has 1 aliphatic heterocycles. The quantitative estimate of drug-likeness (QED) is 0.841. The van der Waals surface area contributed by atoms with Gasteiger partial charge in [0.15, 0.2) is 6.10 Å². The van der Waals surface area contributed by atoms with Crippen molar-refractivity contribution >= 4 is 23.5 Å². The Kier molecular flexibility index (Phi) is 5.65. The first-order valence-corrected chi connectivity index (χ1v) is 8.91. The summed E-state index contributed by atoms with van der Waals surface area (Å²) in [5.41, 5.74) is 0.145. The SMILES string of the molecule is CC(Oc1ccc(F)cc1Cl)C(=O)N1CCC(n2cc(C(=O)O)cn2)CC1. The summed E-state index contributed by atoms with van der Waals surface area (Å²) in [7, 11) is 0. The first kappa shape index (κ1) is 19.2. The van der Waals surface area contributed by atoms with Crippen molar-refractivity contribution in [2.24, 2.45) is 0 Å². The molecule has 144 valence electrons. The highest BCUT2D eigenvalue weighted by Crippen LogP contribution is 2.27. The van der Waals surface area contributed by atoms with Crippen molar-refractivity contribution in [1.29, 1.82) is 0 Å². The summed E-state index contributed by atoms with van der Waals surface area (Å²) >= 11 is 5.93. The van der Waals surface area contributed by atoms with Crippen LogP contribution in [0.15, 0.2) is 30.6 Å². The molecule has 7 nitrogen and oxygen atoms in total. The Bertz CT molecular complexity index is 849. The number of hydrogen-bond donors (Lipinski definition) is 1. The van der Waals surface area contributed by atoms with Gasteiger partial charge in [-0.3, -0.25) is 9.48 Å². The molecule has 1 aromatic carbocycles. The second-order valence-corrected chi connectivity index (χ2v) is 6.81. The van der Waals surface area contributed by atoms with Gasteiger partial charge in [-0.05, 0) is 38.0 Å². The number of ether oxygens (including phenoxy) is 1. The normalized spacial score (nSPS) is 16.2. The van der Waals surface area contributed by atoms with Crippen LogP contribution in [-0.4, -0.2) is 50.9 Å². The van der Waals surface area contributed by atoms with Crippen LogP contribution < -0.4 is 4.74 Å². The third-order valence-corrected chi connectivity index (χ3v) is 4.84. The van der Waals surface area contributed by atoms with Crippen LogP contribution in [0, 0.1) is 5.82 Å². The van der Waals surface area contributed by atoms with Gasteiger partial charge in [-0.25, -0.2) is 9.18 Å². The van der Waals surface area contributed by atoms with Gasteiger partial charge in [-0.15, -0.1) is 0 Å². The molecule has 1 amide bonds. The largest absolute Gasteiger partial charge is 0.479 e. The number of carboxylic acid groups (broad SMARTS) is 1. The molecule has 2 aromatic rings. The molecule has 1 N–H and O–H groups in total. The molecule has 27 heavy (non-hydrogen) atoms. The van der Waals surface area contributed by atoms with Crippen LogP contribution in [0.3, 0.4) is 0 Å². The molecule has 1 unspecified atom stereocenters. The summed E-state index contributed by atoms with van der Waals surface area (Å²) in [5.74, 6) is -1.41. The molecular formula is C18H19ClFN3O4. The van der Waals surface area contributed by atoms with E-state index >= 15 is 0 Å². The van der Waals surface area contributed by atoms with Crippen LogP contribution in [0.2, 0.25) is 5.02 Å². The Hall–Kier alpha value is -2.61. The monoisotopic (exact) mass is 395 g/mol. The molecular weight excluding hydrogens is 377 g/mol. The van der Waals surface area contributed by atoms with Gasteiger partial charge >= 0.3 is 5.97 Å². The number of piperidine rings is 1. The van der Waals surface area contributed by atoms with Gasteiger partial charge in [0.25, 0.3) is 5.91 Å². The summed E-state index contributed by atoms with van der Waals surface area (Å²) in [6.07, 6.45) is 3.40. The zero-order valence-corrected chi connectivity index (χ0v) is 15.4. The molecule has 3 rings (SSSR count). The molecule has 1 saturated heterocycles. The summed E-state index contributed by atoms with van der Waals surface area (Å²) in [6, 6.07) is 3.80. The van der Waals surface area contributed by atoms with Crippen LogP contribution in [0.5, 0.6) is 5.75 Å². The Morgan fingerprint density at radius 1 is 1.37 bits per heavy atom. The standard InChI is InChI=1S/C18H19ClFN3O4/c1-11(27-16-3-2-13(20)8-15(16)19)17(24)22-6-4-14(5-7-22)23-10-12(9-21-23)18(25)26/h2-3,8-11,14H,4-7H2,1H3,(H,25,26). The Morgan fingerprint density at radius 2 is 2.07 bits per heavy atom. The molecule has 9 heteroatoms. The lowest BCUT2D eigenvalue weighted by Crippen LogP contribution is -2.45. The number of benzene rings is 1. The Labute approximate surface area is 160 Å². The van der Waals surface area contributed by atoms with Gasteiger partial charge in [-0.2, -0.15) is 5.10 Å². The number of nitrogens with zero attached hydrogens (tertiary/aromatic N) is 3. The number of aromatic nitrogens is 2. The van der Waals surface area contributed by atoms with E-state index in [9.17, 15) is 14.0 Å². The van der Waals surface area contributed by atoms with E-state index in [1.807, 2.05) is 0 Å². The third-order valence-electron chi connectivity index (χ3n) is 4.54. The highest BCUT2D eigenvalue weighted by atomic mass is 35.5. The highest BCUT2D eigenvalue weighted by Gasteiger charge is 2.28. The number of rotatable bonds is 5. The minimum Gasteiger partial charge on any atom is -0.479 e. The summed E-state index contributed by atoms with van der Waals surface area (Å²) < 4.78 is 20.3. The van der Waals surface area contributed by atoms with Gasteiger partial charge in [0.1, 0.15) is 11.6 Å². The number of likely N-dealkylation sites (tertiary alicyclic amines) is 1. The average Bonchev–Trinajstić information content (AvgIpc) is 3.14. The van der Waals surface area contributed by atoms with Crippen molar-refractivity contribution in [2.75, 3.05) is 13.1 Å². The number of carboxylic acids is 1. The highest BCUT2D eigenvalue weighted by molar-refractivity contribution is 6.32. The van der Waals surface area contributed by atoms with Gasteiger partial charge in [0.05, 0.1) is 22.8 Å². The van der Waals surface area contributed by atoms with E-state index in [1.54, 1.807) is 16.5 Å². The molecule has 1 fully saturated rings. The molecule has 0 saturated carbocycles. The molecule has 0 spiro atoms. The smallest absolute Gasteiger partial charge is 0.338 e. The Morgan fingerprint density at radius 3 is 2.67 bits per heavy atom. The second-order valence-electron chi connectivity index (χ2n) is 6.41. The van der Waals surface area contributed by atoms with Crippen molar-refractivity contribution in [3.8, 4) is 5.75 Å². The maximum atomic E-state index is 13.1. The van der Waals surface area contributed by atoms with Gasteiger partial charge in [0, 0.05) is 19.3 Å². The fourth-order valence-electron chi connectivity index (χ4n) is 3.07. The topological polar surface area (TPSA) is 84.7 Å². The van der Waals surface area contributed by atoms with E-state index in [-0.39, 0.29) is 28.3 Å². The number of halogens is 2.